The summed E-state index contributed by atoms with van der Waals surface area (Å²) in [5.41, 5.74) is 18.3. The van der Waals surface area contributed by atoms with Crippen LogP contribution in [-0.2, 0) is 10.8 Å². The van der Waals surface area contributed by atoms with Gasteiger partial charge >= 0.3 is 0 Å². The molecular formula is C48H37NO. The first-order valence-corrected chi connectivity index (χ1v) is 17.6. The molecule has 2 heteroatoms. The van der Waals surface area contributed by atoms with Crippen LogP contribution in [0.15, 0.2) is 156 Å². The minimum Gasteiger partial charge on any atom is -0.456 e. The van der Waals surface area contributed by atoms with Crippen molar-refractivity contribution in [3.8, 4) is 33.4 Å². The molecule has 2 nitrogen and oxygen atoms in total. The van der Waals surface area contributed by atoms with Gasteiger partial charge in [0.05, 0.1) is 0 Å². The quantitative estimate of drug-likeness (QED) is 0.190. The van der Waals surface area contributed by atoms with E-state index in [-0.39, 0.29) is 10.8 Å². The van der Waals surface area contributed by atoms with Crippen LogP contribution >= 0.6 is 0 Å². The molecule has 0 unspecified atom stereocenters. The van der Waals surface area contributed by atoms with Crippen LogP contribution < -0.4 is 4.90 Å². The zero-order valence-electron chi connectivity index (χ0n) is 28.8. The van der Waals surface area contributed by atoms with E-state index in [1.54, 1.807) is 0 Å². The van der Waals surface area contributed by atoms with Gasteiger partial charge in [0.1, 0.15) is 11.2 Å². The van der Waals surface area contributed by atoms with Crippen molar-refractivity contribution in [1.82, 2.24) is 0 Å². The third kappa shape index (κ3) is 4.08. The lowest BCUT2D eigenvalue weighted by atomic mass is 9.82. The predicted molar refractivity (Wildman–Crippen MR) is 209 cm³/mol. The number of hydrogen-bond acceptors (Lipinski definition) is 2. The number of rotatable bonds is 4. The van der Waals surface area contributed by atoms with Crippen molar-refractivity contribution in [2.24, 2.45) is 0 Å². The van der Waals surface area contributed by atoms with E-state index < -0.39 is 0 Å². The Morgan fingerprint density at radius 3 is 1.56 bits per heavy atom. The molecule has 0 N–H and O–H groups in total. The second kappa shape index (κ2) is 10.3. The lowest BCUT2D eigenvalue weighted by Crippen LogP contribution is -2.16. The highest BCUT2D eigenvalue weighted by Gasteiger charge is 2.37. The highest BCUT2D eigenvalue weighted by Crippen LogP contribution is 2.53. The van der Waals surface area contributed by atoms with E-state index in [2.05, 4.69) is 172 Å². The molecule has 0 radical (unpaired) electrons. The maximum atomic E-state index is 6.16. The number of furan rings is 1. The van der Waals surface area contributed by atoms with Crippen LogP contribution in [0.4, 0.5) is 17.1 Å². The van der Waals surface area contributed by atoms with Crippen molar-refractivity contribution >= 4 is 39.0 Å². The van der Waals surface area contributed by atoms with E-state index in [0.717, 1.165) is 39.0 Å². The van der Waals surface area contributed by atoms with Crippen LogP contribution in [0.1, 0.15) is 49.9 Å². The molecule has 7 aromatic carbocycles. The smallest absolute Gasteiger partial charge is 0.135 e. The Hall–Kier alpha value is -5.86. The fourth-order valence-electron chi connectivity index (χ4n) is 8.87. The Labute approximate surface area is 293 Å². The SMILES string of the molecule is CC1(C)c2ccccc2-c2cc(N(c3cccc(-c4ccc5oc6ccccc6c5c4)c3)c3ccc4c(c3)-c3ccccc3C4(C)C)ccc21. The topological polar surface area (TPSA) is 16.4 Å². The lowest BCUT2D eigenvalue weighted by molar-refractivity contribution is 0.660. The second-order valence-electron chi connectivity index (χ2n) is 15.0. The number of anilines is 3. The molecule has 0 saturated carbocycles. The van der Waals surface area contributed by atoms with Gasteiger partial charge in [0.25, 0.3) is 0 Å². The summed E-state index contributed by atoms with van der Waals surface area (Å²) >= 11 is 0. The Bertz CT molecular complexity index is 2560. The first-order chi connectivity index (χ1) is 24.3. The van der Waals surface area contributed by atoms with E-state index in [1.807, 2.05) is 12.1 Å². The molecule has 2 aliphatic carbocycles. The van der Waals surface area contributed by atoms with Gasteiger partial charge in [-0.05, 0) is 110 Å². The number of benzene rings is 7. The van der Waals surface area contributed by atoms with Crippen molar-refractivity contribution in [2.45, 2.75) is 38.5 Å². The van der Waals surface area contributed by atoms with Gasteiger partial charge in [-0.3, -0.25) is 0 Å². The third-order valence-corrected chi connectivity index (χ3v) is 11.5. The normalized spacial score (nSPS) is 14.7. The van der Waals surface area contributed by atoms with Gasteiger partial charge in [0.2, 0.25) is 0 Å². The van der Waals surface area contributed by atoms with E-state index >= 15 is 0 Å². The second-order valence-corrected chi connectivity index (χ2v) is 15.0. The first-order valence-electron chi connectivity index (χ1n) is 17.6. The van der Waals surface area contributed by atoms with Crippen LogP contribution in [0.2, 0.25) is 0 Å². The Morgan fingerprint density at radius 1 is 0.380 bits per heavy atom. The van der Waals surface area contributed by atoms with E-state index in [9.17, 15) is 0 Å². The molecule has 1 heterocycles. The molecule has 0 saturated heterocycles. The predicted octanol–water partition coefficient (Wildman–Crippen LogP) is 13.3. The third-order valence-electron chi connectivity index (χ3n) is 11.5. The summed E-state index contributed by atoms with van der Waals surface area (Å²) in [6, 6.07) is 55.8. The van der Waals surface area contributed by atoms with Gasteiger partial charge in [-0.2, -0.15) is 0 Å². The van der Waals surface area contributed by atoms with Crippen molar-refractivity contribution in [1.29, 1.82) is 0 Å². The van der Waals surface area contributed by atoms with E-state index in [4.69, 9.17) is 4.42 Å². The minimum absolute atomic E-state index is 0.0477. The standard InChI is InChI=1S/C48H37NO/c1-47(2)41-17-8-5-14-35(41)38-28-33(21-23-43(38)47)49(34-22-24-44-39(29-34)36-15-6-9-18-42(36)48(44,3)4)32-13-11-12-30(26-32)31-20-25-46-40(27-31)37-16-7-10-19-45(37)50-46/h5-29H,1-4H3. The molecule has 2 aliphatic rings. The van der Waals surface area contributed by atoms with Crippen LogP contribution in [0.5, 0.6) is 0 Å². The van der Waals surface area contributed by atoms with Crippen molar-refractivity contribution in [3.63, 3.8) is 0 Å². The van der Waals surface area contributed by atoms with Gasteiger partial charge in [-0.15, -0.1) is 0 Å². The molecule has 0 fully saturated rings. The van der Waals surface area contributed by atoms with Crippen molar-refractivity contribution < 1.29 is 4.42 Å². The van der Waals surface area contributed by atoms with Gasteiger partial charge in [0, 0.05) is 38.7 Å². The van der Waals surface area contributed by atoms with Crippen LogP contribution in [0.25, 0.3) is 55.3 Å². The van der Waals surface area contributed by atoms with Crippen LogP contribution in [-0.4, -0.2) is 0 Å². The summed E-state index contributed by atoms with van der Waals surface area (Å²) < 4.78 is 6.16. The number of para-hydroxylation sites is 1. The van der Waals surface area contributed by atoms with Crippen molar-refractivity contribution in [3.05, 3.63) is 174 Å². The minimum atomic E-state index is -0.0477. The monoisotopic (exact) mass is 643 g/mol. The largest absolute Gasteiger partial charge is 0.456 e. The summed E-state index contributed by atoms with van der Waals surface area (Å²) in [4.78, 5) is 2.44. The van der Waals surface area contributed by atoms with Gasteiger partial charge in [-0.25, -0.2) is 0 Å². The maximum Gasteiger partial charge on any atom is 0.135 e. The van der Waals surface area contributed by atoms with E-state index in [0.29, 0.717) is 0 Å². The summed E-state index contributed by atoms with van der Waals surface area (Å²) in [7, 11) is 0. The molecule has 10 rings (SSSR count). The maximum absolute atomic E-state index is 6.16. The summed E-state index contributed by atoms with van der Waals surface area (Å²) in [6.07, 6.45) is 0. The molecule has 0 atom stereocenters. The van der Waals surface area contributed by atoms with Gasteiger partial charge in [-0.1, -0.05) is 125 Å². The molecule has 1 aromatic heterocycles. The molecule has 240 valence electrons. The average molecular weight is 644 g/mol. The molecule has 50 heavy (non-hydrogen) atoms. The number of nitrogens with zero attached hydrogens (tertiary/aromatic N) is 1. The summed E-state index contributed by atoms with van der Waals surface area (Å²) in [6.45, 7) is 9.38. The van der Waals surface area contributed by atoms with Crippen LogP contribution in [0.3, 0.4) is 0 Å². The van der Waals surface area contributed by atoms with Gasteiger partial charge < -0.3 is 9.32 Å². The molecule has 0 amide bonds. The Kier molecular flexibility index (Phi) is 6.01. The fraction of sp³-hybridized carbons (Fsp3) is 0.125. The zero-order chi connectivity index (χ0) is 33.8. The molecular weight excluding hydrogens is 607 g/mol. The van der Waals surface area contributed by atoms with Crippen LogP contribution in [0, 0.1) is 0 Å². The fourth-order valence-corrected chi connectivity index (χ4v) is 8.87. The summed E-state index contributed by atoms with van der Waals surface area (Å²) in [5, 5.41) is 2.28. The number of hydrogen-bond donors (Lipinski definition) is 0. The average Bonchev–Trinajstić information content (AvgIpc) is 3.71. The molecule has 0 bridgehead atoms. The lowest BCUT2D eigenvalue weighted by Gasteiger charge is -2.28. The summed E-state index contributed by atoms with van der Waals surface area (Å²) in [5.74, 6) is 0. The number of fused-ring (bicyclic) bond motifs is 9. The first kappa shape index (κ1) is 29.1. The Morgan fingerprint density at radius 2 is 0.900 bits per heavy atom. The molecule has 0 spiro atoms. The van der Waals surface area contributed by atoms with Crippen molar-refractivity contribution in [2.75, 3.05) is 4.90 Å². The Balaban J connectivity index is 1.17. The van der Waals surface area contributed by atoms with Gasteiger partial charge in [0.15, 0.2) is 0 Å². The highest BCUT2D eigenvalue weighted by atomic mass is 16.3. The molecule has 0 aliphatic heterocycles. The molecule has 8 aromatic rings. The highest BCUT2D eigenvalue weighted by molar-refractivity contribution is 6.06. The zero-order valence-corrected chi connectivity index (χ0v) is 28.8. The van der Waals surface area contributed by atoms with E-state index in [1.165, 1.54) is 55.6 Å².